The van der Waals surface area contributed by atoms with Gasteiger partial charge in [0.05, 0.1) is 12.8 Å². The number of nitrogens with zero attached hydrogens (tertiary/aromatic N) is 5. The van der Waals surface area contributed by atoms with Crippen molar-refractivity contribution in [1.29, 1.82) is 0 Å². The van der Waals surface area contributed by atoms with E-state index in [2.05, 4.69) is 38.5 Å². The minimum atomic E-state index is 0.378. The van der Waals surface area contributed by atoms with Crippen LogP contribution in [0.25, 0.3) is 5.82 Å². The molecule has 146 valence electrons. The molecule has 6 heteroatoms. The van der Waals surface area contributed by atoms with Gasteiger partial charge in [0.1, 0.15) is 11.6 Å². The summed E-state index contributed by atoms with van der Waals surface area (Å²) in [7, 11) is 1.70. The molecule has 0 saturated carbocycles. The third-order valence-electron chi connectivity index (χ3n) is 5.43. The molecule has 28 heavy (non-hydrogen) atoms. The zero-order chi connectivity index (χ0) is 19.3. The monoisotopic (exact) mass is 377 g/mol. The van der Waals surface area contributed by atoms with E-state index in [1.807, 2.05) is 30.7 Å². The largest absolute Gasteiger partial charge is 0.497 e. The average molecular weight is 377 g/mol. The number of ether oxygens (including phenoxy) is 1. The fourth-order valence-electron chi connectivity index (χ4n) is 4.02. The summed E-state index contributed by atoms with van der Waals surface area (Å²) in [4.78, 5) is 16.4. The van der Waals surface area contributed by atoms with E-state index in [4.69, 9.17) is 9.72 Å². The lowest BCUT2D eigenvalue weighted by atomic mass is 9.94. The van der Waals surface area contributed by atoms with Crippen LogP contribution in [0.3, 0.4) is 0 Å². The molecule has 6 nitrogen and oxygen atoms in total. The SMILES string of the molecule is CCc1nccn1-c1nccnc1C1CCCN(Cc2ccc(OC)cc2)C1. The number of hydrogen-bond donors (Lipinski definition) is 0. The zero-order valence-electron chi connectivity index (χ0n) is 16.6. The van der Waals surface area contributed by atoms with Crippen molar-refractivity contribution in [1.82, 2.24) is 24.4 Å². The van der Waals surface area contributed by atoms with Gasteiger partial charge in [-0.2, -0.15) is 0 Å². The van der Waals surface area contributed by atoms with E-state index >= 15 is 0 Å². The Hall–Kier alpha value is -2.73. The van der Waals surface area contributed by atoms with Gasteiger partial charge in [0.15, 0.2) is 5.82 Å². The van der Waals surface area contributed by atoms with Gasteiger partial charge in [-0.15, -0.1) is 0 Å². The van der Waals surface area contributed by atoms with Crippen molar-refractivity contribution in [2.24, 2.45) is 0 Å². The number of benzene rings is 1. The molecule has 2 aromatic heterocycles. The topological polar surface area (TPSA) is 56.1 Å². The van der Waals surface area contributed by atoms with Crippen LogP contribution in [0.5, 0.6) is 5.75 Å². The maximum atomic E-state index is 5.27. The summed E-state index contributed by atoms with van der Waals surface area (Å²) in [6, 6.07) is 8.36. The first-order valence-electron chi connectivity index (χ1n) is 9.97. The number of aryl methyl sites for hydroxylation is 1. The smallest absolute Gasteiger partial charge is 0.160 e. The van der Waals surface area contributed by atoms with Crippen molar-refractivity contribution < 1.29 is 4.74 Å². The molecule has 0 radical (unpaired) electrons. The normalized spacial score (nSPS) is 17.6. The van der Waals surface area contributed by atoms with Crippen LogP contribution in [0.2, 0.25) is 0 Å². The van der Waals surface area contributed by atoms with Gasteiger partial charge in [-0.3, -0.25) is 14.5 Å². The van der Waals surface area contributed by atoms with E-state index in [1.54, 1.807) is 13.3 Å². The Kier molecular flexibility index (Phi) is 5.67. The minimum Gasteiger partial charge on any atom is -0.497 e. The van der Waals surface area contributed by atoms with Gasteiger partial charge in [-0.05, 0) is 37.1 Å². The second-order valence-corrected chi connectivity index (χ2v) is 7.25. The van der Waals surface area contributed by atoms with Crippen LogP contribution in [0.1, 0.15) is 42.8 Å². The highest BCUT2D eigenvalue weighted by Crippen LogP contribution is 2.30. The maximum Gasteiger partial charge on any atom is 0.160 e. The van der Waals surface area contributed by atoms with Gasteiger partial charge in [-0.25, -0.2) is 9.97 Å². The molecule has 0 aliphatic carbocycles. The Morgan fingerprint density at radius 3 is 2.68 bits per heavy atom. The lowest BCUT2D eigenvalue weighted by molar-refractivity contribution is 0.198. The molecule has 1 atom stereocenters. The summed E-state index contributed by atoms with van der Waals surface area (Å²) in [5.41, 5.74) is 2.39. The van der Waals surface area contributed by atoms with Crippen LogP contribution >= 0.6 is 0 Å². The Bertz CT molecular complexity index is 905. The highest BCUT2D eigenvalue weighted by atomic mass is 16.5. The van der Waals surface area contributed by atoms with Crippen LogP contribution in [-0.4, -0.2) is 44.6 Å². The van der Waals surface area contributed by atoms with Gasteiger partial charge >= 0.3 is 0 Å². The fourth-order valence-corrected chi connectivity index (χ4v) is 4.02. The Balaban J connectivity index is 1.53. The lowest BCUT2D eigenvalue weighted by Gasteiger charge is -2.33. The lowest BCUT2D eigenvalue weighted by Crippen LogP contribution is -2.34. The maximum absolute atomic E-state index is 5.27. The van der Waals surface area contributed by atoms with Crippen molar-refractivity contribution in [3.05, 3.63) is 66.1 Å². The van der Waals surface area contributed by atoms with Crippen molar-refractivity contribution in [3.8, 4) is 11.6 Å². The molecule has 1 aliphatic heterocycles. The molecular weight excluding hydrogens is 350 g/mol. The van der Waals surface area contributed by atoms with Crippen LogP contribution < -0.4 is 4.74 Å². The molecule has 1 unspecified atom stereocenters. The predicted molar refractivity (Wildman–Crippen MR) is 109 cm³/mol. The highest BCUT2D eigenvalue weighted by Gasteiger charge is 2.26. The van der Waals surface area contributed by atoms with Gasteiger partial charge in [0.25, 0.3) is 0 Å². The Morgan fingerprint density at radius 2 is 1.89 bits per heavy atom. The number of hydrogen-bond acceptors (Lipinski definition) is 5. The molecular formula is C22H27N5O. The molecule has 1 aromatic carbocycles. The molecule has 4 rings (SSSR count). The summed E-state index contributed by atoms with van der Waals surface area (Å²) in [6.45, 7) is 5.17. The van der Waals surface area contributed by atoms with Crippen LogP contribution in [0.4, 0.5) is 0 Å². The quantitative estimate of drug-likeness (QED) is 0.657. The molecule has 3 aromatic rings. The van der Waals surface area contributed by atoms with Gasteiger partial charge in [-0.1, -0.05) is 19.1 Å². The summed E-state index contributed by atoms with van der Waals surface area (Å²) < 4.78 is 7.35. The molecule has 1 fully saturated rings. The van der Waals surface area contributed by atoms with Crippen LogP contribution in [0.15, 0.2) is 49.1 Å². The molecule has 1 aliphatic rings. The molecule has 0 amide bonds. The molecule has 3 heterocycles. The van der Waals surface area contributed by atoms with Gasteiger partial charge in [0, 0.05) is 50.2 Å². The first kappa shape index (κ1) is 18.6. The van der Waals surface area contributed by atoms with E-state index < -0.39 is 0 Å². The summed E-state index contributed by atoms with van der Waals surface area (Å²) >= 11 is 0. The number of aromatic nitrogens is 4. The minimum absolute atomic E-state index is 0.378. The fraction of sp³-hybridized carbons (Fsp3) is 0.409. The molecule has 0 N–H and O–H groups in total. The number of imidazole rings is 1. The Labute approximate surface area is 166 Å². The zero-order valence-corrected chi connectivity index (χ0v) is 16.6. The van der Waals surface area contributed by atoms with E-state index in [-0.39, 0.29) is 0 Å². The van der Waals surface area contributed by atoms with Crippen molar-refractivity contribution >= 4 is 0 Å². The third-order valence-corrected chi connectivity index (χ3v) is 5.43. The second kappa shape index (κ2) is 8.52. The van der Waals surface area contributed by atoms with E-state index in [1.165, 1.54) is 12.0 Å². The third kappa shape index (κ3) is 3.92. The molecule has 0 spiro atoms. The number of likely N-dealkylation sites (tertiary alicyclic amines) is 1. The van der Waals surface area contributed by atoms with Gasteiger partial charge < -0.3 is 4.74 Å². The first-order valence-corrected chi connectivity index (χ1v) is 9.97. The average Bonchev–Trinajstić information content (AvgIpc) is 3.23. The molecule has 1 saturated heterocycles. The molecule has 0 bridgehead atoms. The van der Waals surface area contributed by atoms with E-state index in [9.17, 15) is 0 Å². The van der Waals surface area contributed by atoms with Crippen molar-refractivity contribution in [2.75, 3.05) is 20.2 Å². The predicted octanol–water partition coefficient (Wildman–Crippen LogP) is 3.61. The standard InChI is InChI=1S/C22H27N5O/c1-3-20-23-12-14-27(20)22-21(24-10-11-25-22)18-5-4-13-26(16-18)15-17-6-8-19(28-2)9-7-17/h6-12,14,18H,3-5,13,15-16H2,1-2H3. The van der Waals surface area contributed by atoms with Crippen molar-refractivity contribution in [2.45, 2.75) is 38.6 Å². The number of methoxy groups -OCH3 is 1. The van der Waals surface area contributed by atoms with Crippen LogP contribution in [0, 0.1) is 0 Å². The van der Waals surface area contributed by atoms with Gasteiger partial charge in [0.2, 0.25) is 0 Å². The number of piperidine rings is 1. The first-order chi connectivity index (χ1) is 13.8. The summed E-state index contributed by atoms with van der Waals surface area (Å²) in [6.07, 6.45) is 10.6. The van der Waals surface area contributed by atoms with Crippen LogP contribution in [-0.2, 0) is 13.0 Å². The highest BCUT2D eigenvalue weighted by molar-refractivity contribution is 5.33. The summed E-state index contributed by atoms with van der Waals surface area (Å²) in [5.74, 6) is 3.22. The Morgan fingerprint density at radius 1 is 1.07 bits per heavy atom. The number of rotatable bonds is 6. The second-order valence-electron chi connectivity index (χ2n) is 7.25. The van der Waals surface area contributed by atoms with Crippen molar-refractivity contribution in [3.63, 3.8) is 0 Å². The summed E-state index contributed by atoms with van der Waals surface area (Å²) in [5, 5.41) is 0. The van der Waals surface area contributed by atoms with E-state index in [0.717, 1.165) is 55.6 Å². The van der Waals surface area contributed by atoms with E-state index in [0.29, 0.717) is 5.92 Å².